The number of hydrogen-bond donors (Lipinski definition) is 1. The van der Waals surface area contributed by atoms with Gasteiger partial charge in [0.05, 0.1) is 18.4 Å². The number of hydrogen-bond acceptors (Lipinski definition) is 4. The van der Waals surface area contributed by atoms with Crippen LogP contribution in [0.1, 0.15) is 27.8 Å². The molecule has 0 bridgehead atoms. The molecule has 0 radical (unpaired) electrons. The molecule has 0 aliphatic carbocycles. The molecule has 162 valence electrons. The first-order chi connectivity index (χ1) is 15.3. The first kappa shape index (κ1) is 21.4. The Labute approximate surface area is 188 Å². The molecule has 1 heterocycles. The normalized spacial score (nSPS) is 13.7. The zero-order valence-corrected chi connectivity index (χ0v) is 18.9. The Morgan fingerprint density at radius 2 is 1.47 bits per heavy atom. The van der Waals surface area contributed by atoms with E-state index in [1.54, 1.807) is 31.4 Å². The highest BCUT2D eigenvalue weighted by molar-refractivity contribution is 6.46. The highest BCUT2D eigenvalue weighted by Crippen LogP contribution is 2.35. The van der Waals surface area contributed by atoms with E-state index in [1.165, 1.54) is 4.90 Å². The summed E-state index contributed by atoms with van der Waals surface area (Å²) in [5.74, 6) is -0.0410. The molecule has 0 atom stereocenters. The highest BCUT2D eigenvalue weighted by Gasteiger charge is 2.40. The molecule has 5 heteroatoms. The topological polar surface area (TPSA) is 58.6 Å². The Morgan fingerprint density at radius 3 is 2.09 bits per heavy atom. The van der Waals surface area contributed by atoms with Crippen LogP contribution in [0.25, 0.3) is 5.57 Å². The number of nitrogens with one attached hydrogen (secondary N) is 1. The molecule has 0 aromatic heterocycles. The van der Waals surface area contributed by atoms with E-state index in [9.17, 15) is 9.59 Å². The van der Waals surface area contributed by atoms with Gasteiger partial charge in [0.2, 0.25) is 0 Å². The number of imide groups is 1. The number of rotatable bonds is 5. The van der Waals surface area contributed by atoms with Crippen molar-refractivity contribution >= 4 is 28.8 Å². The molecule has 4 rings (SSSR count). The van der Waals surface area contributed by atoms with Crippen LogP contribution in [0.15, 0.2) is 66.4 Å². The smallest absolute Gasteiger partial charge is 0.282 e. The number of methoxy groups -OCH3 is 1. The largest absolute Gasteiger partial charge is 0.497 e. The fraction of sp³-hybridized carbons (Fsp3) is 0.185. The summed E-state index contributed by atoms with van der Waals surface area (Å²) in [5, 5.41) is 3.26. The quantitative estimate of drug-likeness (QED) is 0.561. The third-order valence-electron chi connectivity index (χ3n) is 5.85. The van der Waals surface area contributed by atoms with Crippen LogP contribution >= 0.6 is 0 Å². The van der Waals surface area contributed by atoms with Crippen molar-refractivity contribution in [3.63, 3.8) is 0 Å². The van der Waals surface area contributed by atoms with Gasteiger partial charge in [-0.3, -0.25) is 9.59 Å². The fourth-order valence-electron chi connectivity index (χ4n) is 3.86. The molecular weight excluding hydrogens is 400 g/mol. The van der Waals surface area contributed by atoms with Gasteiger partial charge >= 0.3 is 0 Å². The molecule has 1 aliphatic heterocycles. The van der Waals surface area contributed by atoms with Gasteiger partial charge in [0.25, 0.3) is 11.8 Å². The van der Waals surface area contributed by atoms with E-state index in [0.29, 0.717) is 22.6 Å². The van der Waals surface area contributed by atoms with Gasteiger partial charge in [0.1, 0.15) is 11.4 Å². The Balaban J connectivity index is 1.83. The first-order valence-electron chi connectivity index (χ1n) is 10.5. The average molecular weight is 427 g/mol. The van der Waals surface area contributed by atoms with E-state index >= 15 is 0 Å². The van der Waals surface area contributed by atoms with Crippen LogP contribution in [0, 0.1) is 27.7 Å². The minimum absolute atomic E-state index is 0.269. The van der Waals surface area contributed by atoms with Gasteiger partial charge in [-0.1, -0.05) is 35.9 Å². The third-order valence-corrected chi connectivity index (χ3v) is 5.85. The standard InChI is InChI=1S/C27H26N2O3/c1-16-6-13-23(19(4)14-16)28-25-24(20-8-11-22(32-5)12-9-20)26(30)29(27(25)31)21-10-7-17(2)18(3)15-21/h6-15,28H,1-5H3. The first-order valence-corrected chi connectivity index (χ1v) is 10.5. The Bertz CT molecular complexity index is 1260. The molecule has 1 N–H and O–H groups in total. The average Bonchev–Trinajstić information content (AvgIpc) is 3.01. The third kappa shape index (κ3) is 3.78. The summed E-state index contributed by atoms with van der Waals surface area (Å²) in [6.45, 7) is 7.97. The molecule has 0 spiro atoms. The molecule has 0 saturated carbocycles. The molecule has 3 aromatic rings. The zero-order chi connectivity index (χ0) is 23.0. The van der Waals surface area contributed by atoms with Crippen molar-refractivity contribution < 1.29 is 14.3 Å². The lowest BCUT2D eigenvalue weighted by molar-refractivity contribution is -0.120. The molecule has 0 unspecified atom stereocenters. The van der Waals surface area contributed by atoms with Gasteiger partial charge in [-0.15, -0.1) is 0 Å². The highest BCUT2D eigenvalue weighted by atomic mass is 16.5. The van der Waals surface area contributed by atoms with Crippen LogP contribution < -0.4 is 15.0 Å². The summed E-state index contributed by atoms with van der Waals surface area (Å²) in [6, 6.07) is 18.7. The number of carbonyl (C=O) groups is 2. The van der Waals surface area contributed by atoms with E-state index in [1.807, 2.05) is 64.1 Å². The maximum absolute atomic E-state index is 13.6. The van der Waals surface area contributed by atoms with E-state index in [-0.39, 0.29) is 17.5 Å². The lowest BCUT2D eigenvalue weighted by atomic mass is 10.0. The summed E-state index contributed by atoms with van der Waals surface area (Å²) in [5.41, 5.74) is 6.87. The predicted octanol–water partition coefficient (Wildman–Crippen LogP) is 5.33. The molecular formula is C27H26N2O3. The maximum atomic E-state index is 13.6. The van der Waals surface area contributed by atoms with Crippen molar-refractivity contribution in [3.05, 3.63) is 94.2 Å². The van der Waals surface area contributed by atoms with E-state index in [2.05, 4.69) is 5.32 Å². The van der Waals surface area contributed by atoms with Crippen LogP contribution in [-0.2, 0) is 9.59 Å². The molecule has 0 saturated heterocycles. The van der Waals surface area contributed by atoms with Gasteiger partial charge in [0, 0.05) is 5.69 Å². The summed E-state index contributed by atoms with van der Waals surface area (Å²) >= 11 is 0. The van der Waals surface area contributed by atoms with Crippen LogP contribution in [0.2, 0.25) is 0 Å². The van der Waals surface area contributed by atoms with Crippen LogP contribution in [-0.4, -0.2) is 18.9 Å². The van der Waals surface area contributed by atoms with Crippen LogP contribution in [0.5, 0.6) is 5.75 Å². The fourth-order valence-corrected chi connectivity index (χ4v) is 3.86. The van der Waals surface area contributed by atoms with E-state index < -0.39 is 0 Å². The number of anilines is 2. The SMILES string of the molecule is COc1ccc(C2=C(Nc3ccc(C)cc3C)C(=O)N(c3ccc(C)c(C)c3)C2=O)cc1. The van der Waals surface area contributed by atoms with E-state index in [0.717, 1.165) is 27.9 Å². The predicted molar refractivity (Wildman–Crippen MR) is 128 cm³/mol. The molecule has 32 heavy (non-hydrogen) atoms. The molecule has 5 nitrogen and oxygen atoms in total. The zero-order valence-electron chi connectivity index (χ0n) is 18.9. The monoisotopic (exact) mass is 426 g/mol. The van der Waals surface area contributed by atoms with Gasteiger partial charge < -0.3 is 10.1 Å². The number of aryl methyl sites for hydroxylation is 4. The molecule has 0 fully saturated rings. The number of nitrogens with zero attached hydrogens (tertiary/aromatic N) is 1. The second-order valence-electron chi connectivity index (χ2n) is 8.14. The molecule has 1 aliphatic rings. The minimum atomic E-state index is -0.371. The van der Waals surface area contributed by atoms with Gasteiger partial charge in [-0.2, -0.15) is 0 Å². The Kier molecular flexibility index (Phi) is 5.57. The van der Waals surface area contributed by atoms with Gasteiger partial charge in [0.15, 0.2) is 0 Å². The number of carbonyl (C=O) groups excluding carboxylic acids is 2. The van der Waals surface area contributed by atoms with Crippen LogP contribution in [0.3, 0.4) is 0 Å². The maximum Gasteiger partial charge on any atom is 0.282 e. The van der Waals surface area contributed by atoms with Crippen molar-refractivity contribution in [1.29, 1.82) is 0 Å². The summed E-state index contributed by atoms with van der Waals surface area (Å²) in [4.78, 5) is 28.4. The number of ether oxygens (including phenoxy) is 1. The van der Waals surface area contributed by atoms with Crippen molar-refractivity contribution in [3.8, 4) is 5.75 Å². The van der Waals surface area contributed by atoms with Crippen molar-refractivity contribution in [1.82, 2.24) is 0 Å². The van der Waals surface area contributed by atoms with Crippen LogP contribution in [0.4, 0.5) is 11.4 Å². The Morgan fingerprint density at radius 1 is 0.750 bits per heavy atom. The molecule has 2 amide bonds. The molecule has 3 aromatic carbocycles. The Hall–Kier alpha value is -3.86. The lowest BCUT2D eigenvalue weighted by Gasteiger charge is -2.17. The van der Waals surface area contributed by atoms with Crippen molar-refractivity contribution in [2.45, 2.75) is 27.7 Å². The van der Waals surface area contributed by atoms with Gasteiger partial charge in [-0.05, 0) is 80.3 Å². The second kappa shape index (κ2) is 8.35. The van der Waals surface area contributed by atoms with Crippen molar-refractivity contribution in [2.24, 2.45) is 0 Å². The number of benzene rings is 3. The van der Waals surface area contributed by atoms with E-state index in [4.69, 9.17) is 4.74 Å². The summed E-state index contributed by atoms with van der Waals surface area (Å²) in [7, 11) is 1.59. The van der Waals surface area contributed by atoms with Crippen molar-refractivity contribution in [2.75, 3.05) is 17.3 Å². The lowest BCUT2D eigenvalue weighted by Crippen LogP contribution is -2.32. The van der Waals surface area contributed by atoms with Gasteiger partial charge in [-0.25, -0.2) is 4.90 Å². The second-order valence-corrected chi connectivity index (χ2v) is 8.14. The number of amides is 2. The summed E-state index contributed by atoms with van der Waals surface area (Å²) in [6.07, 6.45) is 0. The minimum Gasteiger partial charge on any atom is -0.497 e. The summed E-state index contributed by atoms with van der Waals surface area (Å²) < 4.78 is 5.25.